The van der Waals surface area contributed by atoms with Crippen molar-refractivity contribution in [1.82, 2.24) is 5.23 Å². The summed E-state index contributed by atoms with van der Waals surface area (Å²) in [7, 11) is 0.319. The summed E-state index contributed by atoms with van der Waals surface area (Å²) in [6, 6.07) is 0. The molecule has 6 heavy (non-hydrogen) atoms. The van der Waals surface area contributed by atoms with Crippen LogP contribution in [0.4, 0.5) is 0 Å². The molecule has 2 heteroatoms. The van der Waals surface area contributed by atoms with Gasteiger partial charge in [-0.05, 0) is 6.54 Å². The zero-order valence-corrected chi connectivity index (χ0v) is 4.49. The van der Waals surface area contributed by atoms with Crippen LogP contribution in [0.15, 0.2) is 0 Å². The van der Waals surface area contributed by atoms with Crippen molar-refractivity contribution < 1.29 is 0 Å². The topological polar surface area (TPSA) is 12.0 Å². The minimum atomic E-state index is 0.319. The summed E-state index contributed by atoms with van der Waals surface area (Å²) in [6.45, 7) is 3.63. The second kappa shape index (κ2) is 1.65. The summed E-state index contributed by atoms with van der Waals surface area (Å²) >= 11 is 0. The molecule has 0 saturated carbocycles. The molecule has 1 unspecified atom stereocenters. The first kappa shape index (κ1) is 4.19. The van der Waals surface area contributed by atoms with Gasteiger partial charge in [0.15, 0.2) is 0 Å². The zero-order chi connectivity index (χ0) is 4.41. The monoisotopic (exact) mass is 84.1 g/mol. The van der Waals surface area contributed by atoms with Crippen molar-refractivity contribution in [3.63, 3.8) is 0 Å². The van der Waals surface area contributed by atoms with E-state index in [1.165, 1.54) is 13.0 Å². The Morgan fingerprint density at radius 2 is 2.67 bits per heavy atom. The van der Waals surface area contributed by atoms with E-state index in [1.807, 2.05) is 0 Å². The number of nitrogens with one attached hydrogen (secondary N) is 1. The lowest BCUT2D eigenvalue weighted by molar-refractivity contribution is 0.839. The van der Waals surface area contributed by atoms with Gasteiger partial charge >= 0.3 is 0 Å². The Hall–Kier alpha value is 0.0249. The van der Waals surface area contributed by atoms with Gasteiger partial charge in [-0.25, -0.2) is 0 Å². The fourth-order valence-corrected chi connectivity index (χ4v) is 1.07. The van der Waals surface area contributed by atoms with Gasteiger partial charge in [0.05, 0.1) is 0 Å². The van der Waals surface area contributed by atoms with E-state index >= 15 is 0 Å². The molecule has 1 aliphatic heterocycles. The van der Waals surface area contributed by atoms with Crippen LogP contribution in [0.2, 0.25) is 5.82 Å². The Morgan fingerprint density at radius 1 is 1.83 bits per heavy atom. The third kappa shape index (κ3) is 0.746. The molecular weight excluding hydrogens is 72.9 g/mol. The SMILES string of the molecule is CC1[BH2-]NCC1. The van der Waals surface area contributed by atoms with Crippen molar-refractivity contribution in [2.45, 2.75) is 19.2 Å². The summed E-state index contributed by atoms with van der Waals surface area (Å²) in [5.74, 6) is 1.06. The largest absolute Gasteiger partial charge is 0.494 e. The molecule has 0 spiro atoms. The highest BCUT2D eigenvalue weighted by Crippen LogP contribution is 2.08. The Bertz CT molecular complexity index is 40.8. The molecule has 0 radical (unpaired) electrons. The number of hydrogen-bond acceptors (Lipinski definition) is 1. The lowest BCUT2D eigenvalue weighted by Gasteiger charge is -1.97. The highest BCUT2D eigenvalue weighted by atomic mass is 14.8. The van der Waals surface area contributed by atoms with Gasteiger partial charge in [-0.2, -0.15) is 5.82 Å². The molecule has 1 rings (SSSR count). The number of hydrogen-bond donors (Lipinski definition) is 1. The second-order valence-corrected chi connectivity index (χ2v) is 2.57. The van der Waals surface area contributed by atoms with Crippen LogP contribution in [0.25, 0.3) is 0 Å². The molecule has 36 valence electrons. The maximum Gasteiger partial charge on any atom is 0.0307 e. The van der Waals surface area contributed by atoms with Crippen LogP contribution in [-0.2, 0) is 0 Å². The smallest absolute Gasteiger partial charge is 0.0307 e. The summed E-state index contributed by atoms with van der Waals surface area (Å²) < 4.78 is 0. The van der Waals surface area contributed by atoms with Crippen LogP contribution >= 0.6 is 0 Å². The molecule has 1 aliphatic rings. The zero-order valence-electron chi connectivity index (χ0n) is 4.49. The van der Waals surface area contributed by atoms with Gasteiger partial charge in [-0.1, -0.05) is 13.3 Å². The molecule has 0 aliphatic carbocycles. The normalized spacial score (nSPS) is 34.5. The summed E-state index contributed by atoms with van der Waals surface area (Å²) in [5, 5.41) is 3.40. The number of rotatable bonds is 0. The molecule has 1 N–H and O–H groups in total. The van der Waals surface area contributed by atoms with Crippen LogP contribution < -0.4 is 5.23 Å². The first-order valence-corrected chi connectivity index (χ1v) is 2.92. The highest BCUT2D eigenvalue weighted by molar-refractivity contribution is 6.35. The Balaban J connectivity index is 2.18. The quantitative estimate of drug-likeness (QED) is 0.403. The maximum absolute atomic E-state index is 3.40. The average Bonchev–Trinajstić information content (AvgIpc) is 1.86. The third-order valence-corrected chi connectivity index (χ3v) is 1.67. The van der Waals surface area contributed by atoms with E-state index in [-0.39, 0.29) is 0 Å². The Morgan fingerprint density at radius 3 is 2.83 bits per heavy atom. The molecule has 1 saturated heterocycles. The molecule has 1 nitrogen and oxygen atoms in total. The van der Waals surface area contributed by atoms with Crippen molar-refractivity contribution in [3.05, 3.63) is 0 Å². The predicted molar refractivity (Wildman–Crippen MR) is 30.6 cm³/mol. The lowest BCUT2D eigenvalue weighted by atomic mass is 9.80. The molecular formula is C4H11BN-. The molecule has 1 atom stereocenters. The van der Waals surface area contributed by atoms with E-state index in [2.05, 4.69) is 12.2 Å². The summed E-state index contributed by atoms with van der Waals surface area (Å²) in [5.41, 5.74) is 0. The van der Waals surface area contributed by atoms with Crippen molar-refractivity contribution in [2.75, 3.05) is 6.54 Å². The van der Waals surface area contributed by atoms with E-state index in [0.717, 1.165) is 5.82 Å². The van der Waals surface area contributed by atoms with Crippen molar-refractivity contribution in [3.8, 4) is 0 Å². The van der Waals surface area contributed by atoms with Gasteiger partial charge < -0.3 is 5.23 Å². The van der Waals surface area contributed by atoms with E-state index in [4.69, 9.17) is 0 Å². The Labute approximate surface area is 39.4 Å². The van der Waals surface area contributed by atoms with Crippen molar-refractivity contribution in [1.29, 1.82) is 0 Å². The van der Waals surface area contributed by atoms with Crippen molar-refractivity contribution in [2.24, 2.45) is 0 Å². The van der Waals surface area contributed by atoms with Crippen LogP contribution in [0.3, 0.4) is 0 Å². The molecule has 0 bridgehead atoms. The first-order valence-electron chi connectivity index (χ1n) is 2.92. The maximum atomic E-state index is 3.40. The van der Waals surface area contributed by atoms with E-state index in [1.54, 1.807) is 0 Å². The van der Waals surface area contributed by atoms with Crippen LogP contribution in [0.5, 0.6) is 0 Å². The van der Waals surface area contributed by atoms with Gasteiger partial charge in [0.25, 0.3) is 0 Å². The minimum Gasteiger partial charge on any atom is -0.494 e. The van der Waals surface area contributed by atoms with E-state index < -0.39 is 0 Å². The van der Waals surface area contributed by atoms with Gasteiger partial charge in [-0.15, -0.1) is 0 Å². The predicted octanol–water partition coefficient (Wildman–Crippen LogP) is -0.128. The molecule has 1 fully saturated rings. The Kier molecular flexibility index (Phi) is 1.15. The molecule has 1 heterocycles. The fourth-order valence-electron chi connectivity index (χ4n) is 1.07. The fraction of sp³-hybridized carbons (Fsp3) is 1.00. The van der Waals surface area contributed by atoms with Gasteiger partial charge in [-0.3, -0.25) is 0 Å². The summed E-state index contributed by atoms with van der Waals surface area (Å²) in [6.07, 6.45) is 1.43. The van der Waals surface area contributed by atoms with Crippen LogP contribution in [0.1, 0.15) is 13.3 Å². The molecule has 0 aromatic heterocycles. The first-order chi connectivity index (χ1) is 2.89. The van der Waals surface area contributed by atoms with Crippen molar-refractivity contribution >= 4 is 7.41 Å². The summed E-state index contributed by atoms with van der Waals surface area (Å²) in [4.78, 5) is 0. The van der Waals surface area contributed by atoms with E-state index in [9.17, 15) is 0 Å². The molecule has 0 aromatic carbocycles. The lowest BCUT2D eigenvalue weighted by Crippen LogP contribution is -2.09. The van der Waals surface area contributed by atoms with Crippen LogP contribution in [0, 0.1) is 0 Å². The second-order valence-electron chi connectivity index (χ2n) is 2.57. The standard InChI is InChI=1S/C4H11BN/c1-4-2-3-6-5-4/h4,6H,2-3,5H2,1H3/q-1. The average molecular weight is 84.0 g/mol. The van der Waals surface area contributed by atoms with E-state index in [0.29, 0.717) is 7.41 Å². The molecule has 0 amide bonds. The van der Waals surface area contributed by atoms with Gasteiger partial charge in [0.1, 0.15) is 0 Å². The van der Waals surface area contributed by atoms with Gasteiger partial charge in [0, 0.05) is 7.41 Å². The van der Waals surface area contributed by atoms with Crippen LogP contribution in [-0.4, -0.2) is 14.0 Å². The highest BCUT2D eigenvalue weighted by Gasteiger charge is 1.99. The third-order valence-electron chi connectivity index (χ3n) is 1.67. The van der Waals surface area contributed by atoms with Gasteiger partial charge in [0.2, 0.25) is 0 Å². The minimum absolute atomic E-state index is 0.319. The molecule has 0 aromatic rings.